The summed E-state index contributed by atoms with van der Waals surface area (Å²) < 4.78 is 5.44. The molecule has 0 heterocycles. The van der Waals surface area contributed by atoms with Crippen LogP contribution in [0.2, 0.25) is 0 Å². The van der Waals surface area contributed by atoms with E-state index in [1.54, 1.807) is 7.11 Å². The summed E-state index contributed by atoms with van der Waals surface area (Å²) in [6.07, 6.45) is 1.78. The van der Waals surface area contributed by atoms with Crippen LogP contribution in [0.4, 0.5) is 0 Å². The second kappa shape index (κ2) is 7.79. The lowest BCUT2D eigenvalue weighted by Gasteiger charge is -2.13. The van der Waals surface area contributed by atoms with Crippen molar-refractivity contribution in [2.45, 2.75) is 33.1 Å². The van der Waals surface area contributed by atoms with Crippen LogP contribution in [0.3, 0.4) is 0 Å². The van der Waals surface area contributed by atoms with Crippen molar-refractivity contribution in [3.63, 3.8) is 0 Å². The molecule has 0 aromatic heterocycles. The first kappa shape index (κ1) is 15.5. The summed E-state index contributed by atoms with van der Waals surface area (Å²) in [7, 11) is 1.70. The normalized spacial score (nSPS) is 10.5. The van der Waals surface area contributed by atoms with Crippen LogP contribution in [-0.2, 0) is 11.2 Å². The van der Waals surface area contributed by atoms with Gasteiger partial charge in [0.25, 0.3) is 0 Å². The average molecular weight is 265 g/mol. The smallest absolute Gasteiger partial charge is 0.303 e. The zero-order chi connectivity index (χ0) is 14.3. The van der Waals surface area contributed by atoms with Crippen LogP contribution < -0.4 is 10.1 Å². The Morgan fingerprint density at radius 1 is 1.32 bits per heavy atom. The van der Waals surface area contributed by atoms with Gasteiger partial charge in [-0.25, -0.2) is 0 Å². The van der Waals surface area contributed by atoms with Crippen molar-refractivity contribution in [1.29, 1.82) is 0 Å². The second-order valence-electron chi connectivity index (χ2n) is 4.77. The highest BCUT2D eigenvalue weighted by atomic mass is 16.5. The molecule has 0 bridgehead atoms. The zero-order valence-corrected chi connectivity index (χ0v) is 12.0. The van der Waals surface area contributed by atoms with Crippen LogP contribution in [0.5, 0.6) is 5.75 Å². The molecule has 0 aliphatic rings. The van der Waals surface area contributed by atoms with Gasteiger partial charge in [-0.1, -0.05) is 17.7 Å². The number of aryl methyl sites for hydroxylation is 2. The molecular weight excluding hydrogens is 242 g/mol. The van der Waals surface area contributed by atoms with Gasteiger partial charge in [0.1, 0.15) is 5.75 Å². The number of aliphatic carboxylic acids is 1. The van der Waals surface area contributed by atoms with Gasteiger partial charge in [0, 0.05) is 6.42 Å². The van der Waals surface area contributed by atoms with Crippen LogP contribution in [0, 0.1) is 13.8 Å². The summed E-state index contributed by atoms with van der Waals surface area (Å²) in [6, 6.07) is 4.26. The predicted octanol–water partition coefficient (Wildman–Crippen LogP) is 2.31. The molecule has 4 nitrogen and oxygen atoms in total. The molecule has 2 N–H and O–H groups in total. The Morgan fingerprint density at radius 2 is 2.05 bits per heavy atom. The lowest BCUT2D eigenvalue weighted by Crippen LogP contribution is -2.19. The molecule has 0 atom stereocenters. The molecule has 1 aromatic carbocycles. The van der Waals surface area contributed by atoms with E-state index in [9.17, 15) is 4.79 Å². The molecule has 0 saturated heterocycles. The van der Waals surface area contributed by atoms with Crippen LogP contribution >= 0.6 is 0 Å². The number of carboxylic acid groups (broad SMARTS) is 1. The molecule has 0 fully saturated rings. The minimum absolute atomic E-state index is 0.222. The third-order valence-electron chi connectivity index (χ3n) is 3.02. The van der Waals surface area contributed by atoms with Crippen molar-refractivity contribution < 1.29 is 14.6 Å². The zero-order valence-electron chi connectivity index (χ0n) is 12.0. The first-order valence-corrected chi connectivity index (χ1v) is 6.61. The summed E-state index contributed by atoms with van der Waals surface area (Å²) >= 11 is 0. The first-order chi connectivity index (χ1) is 9.04. The maximum Gasteiger partial charge on any atom is 0.303 e. The molecular formula is C15H23NO3. The Balaban J connectivity index is 2.42. The van der Waals surface area contributed by atoms with E-state index in [1.807, 2.05) is 0 Å². The molecule has 0 aliphatic heterocycles. The van der Waals surface area contributed by atoms with Gasteiger partial charge in [-0.05, 0) is 50.9 Å². The van der Waals surface area contributed by atoms with E-state index in [2.05, 4.69) is 31.3 Å². The molecule has 4 heteroatoms. The number of hydrogen-bond donors (Lipinski definition) is 2. The van der Waals surface area contributed by atoms with E-state index in [0.717, 1.165) is 30.8 Å². The SMILES string of the molecule is COc1c(C)cc(C)cc1CCNCCCC(=O)O. The lowest BCUT2D eigenvalue weighted by atomic mass is 10.0. The predicted molar refractivity (Wildman–Crippen MR) is 75.9 cm³/mol. The number of rotatable bonds is 8. The van der Waals surface area contributed by atoms with Crippen LogP contribution in [0.25, 0.3) is 0 Å². The van der Waals surface area contributed by atoms with Gasteiger partial charge >= 0.3 is 5.97 Å². The largest absolute Gasteiger partial charge is 0.496 e. The maximum absolute atomic E-state index is 10.4. The van der Waals surface area contributed by atoms with E-state index in [0.29, 0.717) is 6.42 Å². The quantitative estimate of drug-likeness (QED) is 0.708. The summed E-state index contributed by atoms with van der Waals surface area (Å²) in [5, 5.41) is 11.8. The molecule has 1 rings (SSSR count). The molecule has 0 radical (unpaired) electrons. The highest BCUT2D eigenvalue weighted by Gasteiger charge is 2.07. The third kappa shape index (κ3) is 5.30. The van der Waals surface area contributed by atoms with Crippen molar-refractivity contribution in [2.75, 3.05) is 20.2 Å². The van der Waals surface area contributed by atoms with Gasteiger partial charge in [-0.3, -0.25) is 4.79 Å². The highest BCUT2D eigenvalue weighted by molar-refractivity contribution is 5.66. The summed E-state index contributed by atoms with van der Waals surface area (Å²) in [4.78, 5) is 10.4. The summed E-state index contributed by atoms with van der Waals surface area (Å²) in [6.45, 7) is 5.70. The van der Waals surface area contributed by atoms with Crippen LogP contribution in [0.15, 0.2) is 12.1 Å². The fourth-order valence-corrected chi connectivity index (χ4v) is 2.23. The summed E-state index contributed by atoms with van der Waals surface area (Å²) in [5.41, 5.74) is 3.59. The number of benzene rings is 1. The molecule has 0 spiro atoms. The van der Waals surface area contributed by atoms with E-state index < -0.39 is 5.97 Å². The van der Waals surface area contributed by atoms with Crippen molar-refractivity contribution >= 4 is 5.97 Å². The number of ether oxygens (including phenoxy) is 1. The topological polar surface area (TPSA) is 58.6 Å². The average Bonchev–Trinajstić information content (AvgIpc) is 2.32. The number of hydrogen-bond acceptors (Lipinski definition) is 3. The lowest BCUT2D eigenvalue weighted by molar-refractivity contribution is -0.137. The van der Waals surface area contributed by atoms with Crippen LogP contribution in [0.1, 0.15) is 29.5 Å². The van der Waals surface area contributed by atoms with Crippen molar-refractivity contribution in [2.24, 2.45) is 0 Å². The summed E-state index contributed by atoms with van der Waals surface area (Å²) in [5.74, 6) is 0.218. The number of carbonyl (C=O) groups is 1. The Kier molecular flexibility index (Phi) is 6.36. The van der Waals surface area contributed by atoms with Gasteiger partial charge < -0.3 is 15.2 Å². The molecule has 19 heavy (non-hydrogen) atoms. The Bertz CT molecular complexity index is 430. The third-order valence-corrected chi connectivity index (χ3v) is 3.02. The Hall–Kier alpha value is -1.55. The van der Waals surface area contributed by atoms with E-state index in [-0.39, 0.29) is 6.42 Å². The minimum atomic E-state index is -0.738. The van der Waals surface area contributed by atoms with Gasteiger partial charge in [0.2, 0.25) is 0 Å². The van der Waals surface area contributed by atoms with Gasteiger partial charge in [0.15, 0.2) is 0 Å². The first-order valence-electron chi connectivity index (χ1n) is 6.61. The molecule has 1 aromatic rings. The Labute approximate surface area is 114 Å². The van der Waals surface area contributed by atoms with E-state index in [1.165, 1.54) is 11.1 Å². The van der Waals surface area contributed by atoms with Gasteiger partial charge in [-0.2, -0.15) is 0 Å². The van der Waals surface area contributed by atoms with Crippen LogP contribution in [-0.4, -0.2) is 31.3 Å². The Morgan fingerprint density at radius 3 is 2.68 bits per heavy atom. The van der Waals surface area contributed by atoms with Crippen molar-refractivity contribution in [3.8, 4) is 5.75 Å². The molecule has 0 aliphatic carbocycles. The van der Waals surface area contributed by atoms with Crippen molar-refractivity contribution in [1.82, 2.24) is 5.32 Å². The fourth-order valence-electron chi connectivity index (χ4n) is 2.23. The molecule has 0 amide bonds. The van der Waals surface area contributed by atoms with Gasteiger partial charge in [0.05, 0.1) is 7.11 Å². The highest BCUT2D eigenvalue weighted by Crippen LogP contribution is 2.25. The van der Waals surface area contributed by atoms with E-state index >= 15 is 0 Å². The molecule has 106 valence electrons. The fraction of sp³-hybridized carbons (Fsp3) is 0.533. The monoisotopic (exact) mass is 265 g/mol. The number of methoxy groups -OCH3 is 1. The van der Waals surface area contributed by atoms with Crippen molar-refractivity contribution in [3.05, 3.63) is 28.8 Å². The number of carboxylic acids is 1. The molecule has 0 saturated carbocycles. The maximum atomic E-state index is 10.4. The molecule has 0 unspecified atom stereocenters. The minimum Gasteiger partial charge on any atom is -0.496 e. The van der Waals surface area contributed by atoms with E-state index in [4.69, 9.17) is 9.84 Å². The van der Waals surface area contributed by atoms with Gasteiger partial charge in [-0.15, -0.1) is 0 Å². The number of nitrogens with one attached hydrogen (secondary N) is 1. The standard InChI is InChI=1S/C15H23NO3/c1-11-9-12(2)15(19-3)13(10-11)6-8-16-7-4-5-14(17)18/h9-10,16H,4-8H2,1-3H3,(H,17,18). The second-order valence-corrected chi connectivity index (χ2v) is 4.77.